The van der Waals surface area contributed by atoms with Crippen molar-refractivity contribution in [3.63, 3.8) is 0 Å². The van der Waals surface area contributed by atoms with E-state index in [2.05, 4.69) is 29.2 Å². The van der Waals surface area contributed by atoms with E-state index in [4.69, 9.17) is 19.0 Å². The fourth-order valence-corrected chi connectivity index (χ4v) is 4.80. The van der Waals surface area contributed by atoms with E-state index in [1.54, 1.807) is 14.2 Å². The second-order valence-corrected chi connectivity index (χ2v) is 8.32. The van der Waals surface area contributed by atoms with Gasteiger partial charge >= 0.3 is 0 Å². The van der Waals surface area contributed by atoms with E-state index in [9.17, 15) is 0 Å². The molecule has 1 aromatic heterocycles. The highest BCUT2D eigenvalue weighted by Gasteiger charge is 2.42. The molecule has 0 N–H and O–H groups in total. The predicted octanol–water partition coefficient (Wildman–Crippen LogP) is 3.83. The van der Waals surface area contributed by atoms with Crippen molar-refractivity contribution in [3.05, 3.63) is 35.5 Å². The Hall–Kier alpha value is -2.08. The van der Waals surface area contributed by atoms with Crippen molar-refractivity contribution >= 4 is 0 Å². The first-order valence-corrected chi connectivity index (χ1v) is 10.4. The maximum Gasteiger partial charge on any atom is 0.226 e. The molecule has 1 aliphatic carbocycles. The first kappa shape index (κ1) is 19.2. The molecule has 1 aromatic carbocycles. The third-order valence-electron chi connectivity index (χ3n) is 6.59. The molecule has 2 aliphatic rings. The molecule has 4 rings (SSSR count). The Labute approximate surface area is 167 Å². The number of likely N-dealkylation sites (tertiary alicyclic amines) is 1. The molecule has 0 radical (unpaired) electrons. The molecule has 2 aromatic rings. The summed E-state index contributed by atoms with van der Waals surface area (Å²) in [7, 11) is 5.53. The van der Waals surface area contributed by atoms with Crippen LogP contribution in [0.15, 0.2) is 22.7 Å². The molecule has 1 saturated carbocycles. The van der Waals surface area contributed by atoms with Crippen LogP contribution >= 0.6 is 0 Å². The Morgan fingerprint density at radius 1 is 1.11 bits per heavy atom. The highest BCUT2D eigenvalue weighted by Crippen LogP contribution is 2.47. The summed E-state index contributed by atoms with van der Waals surface area (Å²) in [5.74, 6) is 3.76. The Morgan fingerprint density at radius 2 is 1.82 bits per heavy atom. The highest BCUT2D eigenvalue weighted by molar-refractivity contribution is 5.47. The molecule has 0 spiro atoms. The number of nitrogens with zero attached hydrogens (tertiary/aromatic N) is 3. The van der Waals surface area contributed by atoms with Gasteiger partial charge in [-0.15, -0.1) is 0 Å². The Bertz CT molecular complexity index is 790. The van der Waals surface area contributed by atoms with Gasteiger partial charge in [0, 0.05) is 6.42 Å². The number of hydrogen-bond acceptors (Lipinski definition) is 6. The van der Waals surface area contributed by atoms with Crippen molar-refractivity contribution in [2.75, 3.05) is 34.4 Å². The van der Waals surface area contributed by atoms with Gasteiger partial charge in [0.05, 0.1) is 19.6 Å². The fraction of sp³-hybridized carbons (Fsp3) is 0.636. The lowest BCUT2D eigenvalue weighted by atomic mass is 9.78. The number of hydrogen-bond donors (Lipinski definition) is 0. The summed E-state index contributed by atoms with van der Waals surface area (Å²) >= 11 is 0. The van der Waals surface area contributed by atoms with Crippen LogP contribution in [0.3, 0.4) is 0 Å². The second kappa shape index (κ2) is 8.11. The third-order valence-corrected chi connectivity index (χ3v) is 6.59. The van der Waals surface area contributed by atoms with Crippen LogP contribution in [0.1, 0.15) is 55.8 Å². The summed E-state index contributed by atoms with van der Waals surface area (Å²) in [5.41, 5.74) is 1.00. The summed E-state index contributed by atoms with van der Waals surface area (Å²) < 4.78 is 16.7. The third kappa shape index (κ3) is 3.62. The van der Waals surface area contributed by atoms with Crippen molar-refractivity contribution in [2.45, 2.75) is 50.4 Å². The van der Waals surface area contributed by atoms with Gasteiger partial charge in [0.25, 0.3) is 0 Å². The molecule has 152 valence electrons. The summed E-state index contributed by atoms with van der Waals surface area (Å²) in [4.78, 5) is 7.28. The molecule has 1 aliphatic heterocycles. The van der Waals surface area contributed by atoms with Crippen LogP contribution in [0.25, 0.3) is 0 Å². The summed E-state index contributed by atoms with van der Waals surface area (Å²) in [6, 6.07) is 6.19. The van der Waals surface area contributed by atoms with E-state index in [0.717, 1.165) is 55.6 Å². The van der Waals surface area contributed by atoms with Crippen molar-refractivity contribution in [1.82, 2.24) is 15.0 Å². The van der Waals surface area contributed by atoms with Gasteiger partial charge < -0.3 is 18.9 Å². The van der Waals surface area contributed by atoms with Gasteiger partial charge in [0.1, 0.15) is 0 Å². The largest absolute Gasteiger partial charge is 0.493 e. The highest BCUT2D eigenvalue weighted by atomic mass is 16.5. The predicted molar refractivity (Wildman–Crippen MR) is 107 cm³/mol. The maximum absolute atomic E-state index is 5.72. The van der Waals surface area contributed by atoms with Gasteiger partial charge in [-0.1, -0.05) is 24.1 Å². The average Bonchev–Trinajstić information content (AvgIpc) is 3.39. The van der Waals surface area contributed by atoms with Gasteiger partial charge in [0.2, 0.25) is 5.89 Å². The molecular formula is C22H31N3O3. The summed E-state index contributed by atoms with van der Waals surface area (Å²) in [6.07, 6.45) is 7.72. The lowest BCUT2D eigenvalue weighted by molar-refractivity contribution is 0.208. The average molecular weight is 386 g/mol. The van der Waals surface area contributed by atoms with E-state index in [1.165, 1.54) is 31.2 Å². The number of ether oxygens (including phenoxy) is 2. The number of aromatic nitrogens is 2. The summed E-state index contributed by atoms with van der Waals surface area (Å²) in [5, 5.41) is 4.46. The zero-order valence-corrected chi connectivity index (χ0v) is 17.2. The van der Waals surface area contributed by atoms with Gasteiger partial charge in [-0.05, 0) is 69.4 Å². The summed E-state index contributed by atoms with van der Waals surface area (Å²) in [6.45, 7) is 2.31. The second-order valence-electron chi connectivity index (χ2n) is 8.32. The molecule has 2 fully saturated rings. The zero-order valence-electron chi connectivity index (χ0n) is 17.2. The van der Waals surface area contributed by atoms with E-state index < -0.39 is 0 Å². The molecule has 0 atom stereocenters. The van der Waals surface area contributed by atoms with Crippen molar-refractivity contribution < 1.29 is 14.0 Å². The molecular weight excluding hydrogens is 354 g/mol. The molecule has 6 nitrogen and oxygen atoms in total. The van der Waals surface area contributed by atoms with Crippen LogP contribution in [0, 0.1) is 5.92 Å². The Kier molecular flexibility index (Phi) is 5.58. The van der Waals surface area contributed by atoms with E-state index in [1.807, 2.05) is 6.07 Å². The molecule has 1 saturated heterocycles. The van der Waals surface area contributed by atoms with Gasteiger partial charge in [-0.2, -0.15) is 4.98 Å². The maximum atomic E-state index is 5.72. The number of piperidine rings is 1. The molecule has 0 unspecified atom stereocenters. The Morgan fingerprint density at radius 3 is 2.50 bits per heavy atom. The van der Waals surface area contributed by atoms with Crippen LogP contribution in [0.4, 0.5) is 0 Å². The Balaban J connectivity index is 1.59. The SMILES string of the molecule is COc1ccc(C2(c3noc(CC4CCN(C)CC4)n3)CCCC2)cc1OC. The van der Waals surface area contributed by atoms with Gasteiger partial charge in [-0.3, -0.25) is 0 Å². The lowest BCUT2D eigenvalue weighted by Gasteiger charge is -2.28. The number of benzene rings is 1. The minimum Gasteiger partial charge on any atom is -0.493 e. The lowest BCUT2D eigenvalue weighted by Crippen LogP contribution is -2.31. The zero-order chi connectivity index (χ0) is 19.6. The fourth-order valence-electron chi connectivity index (χ4n) is 4.80. The van der Waals surface area contributed by atoms with E-state index in [-0.39, 0.29) is 5.41 Å². The minimum atomic E-state index is -0.186. The smallest absolute Gasteiger partial charge is 0.226 e. The van der Waals surface area contributed by atoms with Gasteiger partial charge in [0.15, 0.2) is 17.3 Å². The van der Waals surface area contributed by atoms with Crippen LogP contribution in [-0.2, 0) is 11.8 Å². The first-order valence-electron chi connectivity index (χ1n) is 10.4. The van der Waals surface area contributed by atoms with Crippen molar-refractivity contribution in [1.29, 1.82) is 0 Å². The van der Waals surface area contributed by atoms with E-state index >= 15 is 0 Å². The topological polar surface area (TPSA) is 60.6 Å². The molecule has 0 bridgehead atoms. The van der Waals surface area contributed by atoms with E-state index in [0.29, 0.717) is 5.92 Å². The van der Waals surface area contributed by atoms with Crippen LogP contribution in [0.5, 0.6) is 11.5 Å². The molecule has 6 heteroatoms. The standard InChI is InChI=1S/C22H31N3O3/c1-25-12-8-16(9-13-25)14-20-23-21(24-28-20)22(10-4-5-11-22)17-6-7-18(26-2)19(15-17)27-3/h6-7,15-16H,4-5,8-14H2,1-3H3. The van der Waals surface area contributed by atoms with Crippen molar-refractivity contribution in [2.24, 2.45) is 5.92 Å². The number of rotatable bonds is 6. The first-order chi connectivity index (χ1) is 13.6. The molecule has 0 amide bonds. The molecule has 2 heterocycles. The molecule has 28 heavy (non-hydrogen) atoms. The van der Waals surface area contributed by atoms with Crippen molar-refractivity contribution in [3.8, 4) is 11.5 Å². The quantitative estimate of drug-likeness (QED) is 0.753. The van der Waals surface area contributed by atoms with Crippen LogP contribution in [0.2, 0.25) is 0 Å². The van der Waals surface area contributed by atoms with Gasteiger partial charge in [-0.25, -0.2) is 0 Å². The monoisotopic (exact) mass is 385 g/mol. The van der Waals surface area contributed by atoms with Crippen LogP contribution < -0.4 is 9.47 Å². The normalized spacial score (nSPS) is 20.4. The minimum absolute atomic E-state index is 0.186. The number of methoxy groups -OCH3 is 2. The van der Waals surface area contributed by atoms with Crippen LogP contribution in [-0.4, -0.2) is 49.4 Å².